The first-order valence-electron chi connectivity index (χ1n) is 7.95. The molecule has 0 radical (unpaired) electrons. The van der Waals surface area contributed by atoms with Crippen molar-refractivity contribution in [2.75, 3.05) is 40.0 Å². The molecule has 3 N–H and O–H groups in total. The summed E-state index contributed by atoms with van der Waals surface area (Å²) in [5.74, 6) is 0.615. The van der Waals surface area contributed by atoms with Crippen LogP contribution in [-0.2, 0) is 14.3 Å². The fourth-order valence-corrected chi connectivity index (χ4v) is 2.25. The smallest absolute Gasteiger partial charge is 0.220 e. The largest absolute Gasteiger partial charge is 0.382 e. The molecule has 0 saturated heterocycles. The lowest BCUT2D eigenvalue weighted by Gasteiger charge is -2.30. The number of ether oxygens (including phenoxy) is 2. The van der Waals surface area contributed by atoms with E-state index in [4.69, 9.17) is 15.2 Å². The molecule has 1 amide bonds. The van der Waals surface area contributed by atoms with Crippen molar-refractivity contribution in [2.24, 2.45) is 17.1 Å². The summed E-state index contributed by atoms with van der Waals surface area (Å²) in [6.45, 7) is 9.86. The van der Waals surface area contributed by atoms with Gasteiger partial charge in [0.1, 0.15) is 0 Å². The number of hydrogen-bond acceptors (Lipinski definition) is 4. The number of carbonyl (C=O) groups excluding carboxylic acids is 1. The first-order valence-corrected chi connectivity index (χ1v) is 7.95. The molecule has 0 rings (SSSR count). The molecule has 0 aromatic rings. The van der Waals surface area contributed by atoms with Gasteiger partial charge in [-0.1, -0.05) is 20.8 Å². The van der Waals surface area contributed by atoms with Crippen molar-refractivity contribution < 1.29 is 14.3 Å². The highest BCUT2D eigenvalue weighted by molar-refractivity contribution is 5.75. The predicted molar refractivity (Wildman–Crippen MR) is 86.2 cm³/mol. The Balaban J connectivity index is 3.69. The number of rotatable bonds is 12. The average Bonchev–Trinajstić information content (AvgIpc) is 2.41. The zero-order valence-corrected chi connectivity index (χ0v) is 14.2. The zero-order valence-electron chi connectivity index (χ0n) is 14.2. The molecule has 0 bridgehead atoms. The second-order valence-corrected chi connectivity index (χ2v) is 6.49. The van der Waals surface area contributed by atoms with Gasteiger partial charge in [-0.05, 0) is 37.1 Å². The van der Waals surface area contributed by atoms with Crippen molar-refractivity contribution in [3.8, 4) is 0 Å². The maximum absolute atomic E-state index is 11.8. The van der Waals surface area contributed by atoms with Crippen molar-refractivity contribution in [1.29, 1.82) is 0 Å². The molecular formula is C16H34N2O3. The van der Waals surface area contributed by atoms with Gasteiger partial charge in [0.2, 0.25) is 5.91 Å². The SMILES string of the molecule is COCCOCCCNC(=O)CCC(CCN)C(C)(C)C. The second kappa shape index (κ2) is 12.0. The number of hydrogen-bond donors (Lipinski definition) is 2. The number of nitrogens with one attached hydrogen (secondary N) is 1. The summed E-state index contributed by atoms with van der Waals surface area (Å²) in [6.07, 6.45) is 3.29. The molecule has 0 aromatic heterocycles. The molecule has 5 heteroatoms. The highest BCUT2D eigenvalue weighted by Gasteiger charge is 2.24. The van der Waals surface area contributed by atoms with Crippen LogP contribution in [0, 0.1) is 11.3 Å². The van der Waals surface area contributed by atoms with Gasteiger partial charge >= 0.3 is 0 Å². The Morgan fingerprint density at radius 1 is 1.19 bits per heavy atom. The normalized spacial score (nSPS) is 13.2. The second-order valence-electron chi connectivity index (χ2n) is 6.49. The molecule has 0 aromatic carbocycles. The molecule has 0 aliphatic rings. The van der Waals surface area contributed by atoms with Crippen LogP contribution in [0.2, 0.25) is 0 Å². The highest BCUT2D eigenvalue weighted by Crippen LogP contribution is 2.31. The van der Waals surface area contributed by atoms with E-state index in [1.807, 2.05) is 0 Å². The number of carbonyl (C=O) groups is 1. The zero-order chi connectivity index (χ0) is 16.1. The molecule has 0 heterocycles. The third-order valence-electron chi connectivity index (χ3n) is 3.68. The van der Waals surface area contributed by atoms with E-state index >= 15 is 0 Å². The van der Waals surface area contributed by atoms with E-state index in [0.29, 0.717) is 45.2 Å². The van der Waals surface area contributed by atoms with E-state index in [1.54, 1.807) is 7.11 Å². The quantitative estimate of drug-likeness (QED) is 0.540. The molecule has 21 heavy (non-hydrogen) atoms. The molecule has 5 nitrogen and oxygen atoms in total. The minimum Gasteiger partial charge on any atom is -0.382 e. The van der Waals surface area contributed by atoms with Crippen LogP contribution >= 0.6 is 0 Å². The standard InChI is InChI=1S/C16H34N2O3/c1-16(2,3)14(8-9-17)6-7-15(19)18-10-5-11-21-13-12-20-4/h14H,5-13,17H2,1-4H3,(H,18,19). The van der Waals surface area contributed by atoms with Crippen molar-refractivity contribution in [3.63, 3.8) is 0 Å². The lowest BCUT2D eigenvalue weighted by Crippen LogP contribution is -2.28. The van der Waals surface area contributed by atoms with Gasteiger partial charge in [0.15, 0.2) is 0 Å². The molecule has 0 saturated carbocycles. The Hall–Kier alpha value is -0.650. The van der Waals surface area contributed by atoms with E-state index in [2.05, 4.69) is 26.1 Å². The van der Waals surface area contributed by atoms with E-state index < -0.39 is 0 Å². The van der Waals surface area contributed by atoms with Crippen molar-refractivity contribution in [2.45, 2.75) is 46.5 Å². The first-order chi connectivity index (χ1) is 9.91. The Labute approximate surface area is 129 Å². The lowest BCUT2D eigenvalue weighted by molar-refractivity contribution is -0.121. The third kappa shape index (κ3) is 11.7. The van der Waals surface area contributed by atoms with E-state index in [1.165, 1.54) is 0 Å². The number of amides is 1. The van der Waals surface area contributed by atoms with Gasteiger partial charge in [-0.3, -0.25) is 4.79 Å². The lowest BCUT2D eigenvalue weighted by atomic mass is 9.76. The van der Waals surface area contributed by atoms with Crippen molar-refractivity contribution in [3.05, 3.63) is 0 Å². The predicted octanol–water partition coefficient (Wildman–Crippen LogP) is 1.95. The molecule has 1 atom stereocenters. The van der Waals surface area contributed by atoms with E-state index in [9.17, 15) is 4.79 Å². The van der Waals surface area contributed by atoms with Gasteiger partial charge < -0.3 is 20.5 Å². The monoisotopic (exact) mass is 302 g/mol. The fraction of sp³-hybridized carbons (Fsp3) is 0.938. The van der Waals surface area contributed by atoms with Gasteiger partial charge in [0.25, 0.3) is 0 Å². The van der Waals surface area contributed by atoms with E-state index in [-0.39, 0.29) is 11.3 Å². The van der Waals surface area contributed by atoms with E-state index in [0.717, 1.165) is 19.3 Å². The summed E-state index contributed by atoms with van der Waals surface area (Å²) in [7, 11) is 1.65. The fourth-order valence-electron chi connectivity index (χ4n) is 2.25. The molecule has 0 aliphatic carbocycles. The van der Waals surface area contributed by atoms with Crippen LogP contribution < -0.4 is 11.1 Å². The molecule has 126 valence electrons. The molecule has 1 unspecified atom stereocenters. The van der Waals surface area contributed by atoms with Crippen LogP contribution in [0.1, 0.15) is 46.5 Å². The summed E-state index contributed by atoms with van der Waals surface area (Å²) >= 11 is 0. The van der Waals surface area contributed by atoms with Gasteiger partial charge in [0.05, 0.1) is 13.2 Å². The van der Waals surface area contributed by atoms with Crippen LogP contribution in [-0.4, -0.2) is 45.9 Å². The minimum absolute atomic E-state index is 0.123. The van der Waals surface area contributed by atoms with Crippen molar-refractivity contribution >= 4 is 5.91 Å². The minimum atomic E-state index is 0.123. The Morgan fingerprint density at radius 2 is 1.90 bits per heavy atom. The number of methoxy groups -OCH3 is 1. The van der Waals surface area contributed by atoms with Crippen LogP contribution in [0.15, 0.2) is 0 Å². The van der Waals surface area contributed by atoms with Gasteiger partial charge in [-0.15, -0.1) is 0 Å². The summed E-state index contributed by atoms with van der Waals surface area (Å²) in [6, 6.07) is 0. The van der Waals surface area contributed by atoms with Crippen LogP contribution in [0.25, 0.3) is 0 Å². The van der Waals surface area contributed by atoms with Gasteiger partial charge in [0, 0.05) is 26.7 Å². The molecule has 0 spiro atoms. The van der Waals surface area contributed by atoms with Crippen LogP contribution in [0.4, 0.5) is 0 Å². The van der Waals surface area contributed by atoms with Gasteiger partial charge in [-0.2, -0.15) is 0 Å². The summed E-state index contributed by atoms with van der Waals surface area (Å²) in [5, 5.41) is 2.94. The molecule has 0 fully saturated rings. The topological polar surface area (TPSA) is 73.6 Å². The maximum Gasteiger partial charge on any atom is 0.220 e. The Kier molecular flexibility index (Phi) is 11.6. The van der Waals surface area contributed by atoms with Crippen molar-refractivity contribution in [1.82, 2.24) is 5.32 Å². The highest BCUT2D eigenvalue weighted by atomic mass is 16.5. The molecule has 0 aliphatic heterocycles. The summed E-state index contributed by atoms with van der Waals surface area (Å²) in [4.78, 5) is 11.8. The first kappa shape index (κ1) is 20.3. The molecular weight excluding hydrogens is 268 g/mol. The van der Waals surface area contributed by atoms with Gasteiger partial charge in [-0.25, -0.2) is 0 Å². The Bertz CT molecular complexity index is 265. The average molecular weight is 302 g/mol. The van der Waals surface area contributed by atoms with Crippen LogP contribution in [0.3, 0.4) is 0 Å². The maximum atomic E-state index is 11.8. The van der Waals surface area contributed by atoms with Crippen LogP contribution in [0.5, 0.6) is 0 Å². The third-order valence-corrected chi connectivity index (χ3v) is 3.68. The summed E-state index contributed by atoms with van der Waals surface area (Å²) in [5.41, 5.74) is 5.86. The number of nitrogens with two attached hydrogens (primary N) is 1. The summed E-state index contributed by atoms with van der Waals surface area (Å²) < 4.78 is 10.2. The Morgan fingerprint density at radius 3 is 2.48 bits per heavy atom.